The highest BCUT2D eigenvalue weighted by molar-refractivity contribution is 6.30. The first-order valence-electron chi connectivity index (χ1n) is 9.45. The molecule has 1 heterocycles. The van der Waals surface area contributed by atoms with Crippen LogP contribution < -0.4 is 21.3 Å². The van der Waals surface area contributed by atoms with Gasteiger partial charge >= 0.3 is 6.03 Å². The van der Waals surface area contributed by atoms with Gasteiger partial charge < -0.3 is 21.3 Å². The van der Waals surface area contributed by atoms with Crippen LogP contribution in [0.15, 0.2) is 48.5 Å². The minimum absolute atomic E-state index is 0.0625. The maximum atomic E-state index is 12.3. The predicted molar refractivity (Wildman–Crippen MR) is 113 cm³/mol. The van der Waals surface area contributed by atoms with Gasteiger partial charge in [-0.25, -0.2) is 4.79 Å². The van der Waals surface area contributed by atoms with Crippen LogP contribution in [0.25, 0.3) is 0 Å². The number of anilines is 2. The molecular weight excluding hydrogens is 376 g/mol. The van der Waals surface area contributed by atoms with E-state index in [0.29, 0.717) is 11.6 Å². The highest BCUT2D eigenvalue weighted by atomic mass is 35.5. The van der Waals surface area contributed by atoms with Crippen molar-refractivity contribution in [1.82, 2.24) is 5.32 Å². The lowest BCUT2D eigenvalue weighted by atomic mass is 9.96. The van der Waals surface area contributed by atoms with Crippen molar-refractivity contribution in [3.63, 3.8) is 0 Å². The van der Waals surface area contributed by atoms with E-state index in [4.69, 9.17) is 17.3 Å². The molecule has 1 aliphatic heterocycles. The summed E-state index contributed by atoms with van der Waals surface area (Å²) in [7, 11) is 0. The second-order valence-electron chi connectivity index (χ2n) is 6.94. The molecule has 0 unspecified atom stereocenters. The van der Waals surface area contributed by atoms with Gasteiger partial charge in [0.25, 0.3) is 0 Å². The average molecular weight is 401 g/mol. The Morgan fingerprint density at radius 2 is 1.75 bits per heavy atom. The van der Waals surface area contributed by atoms with E-state index in [1.807, 2.05) is 48.5 Å². The Balaban J connectivity index is 1.53. The molecule has 4 N–H and O–H groups in total. The summed E-state index contributed by atoms with van der Waals surface area (Å²) in [6.45, 7) is 2.01. The molecule has 0 spiro atoms. The van der Waals surface area contributed by atoms with Crippen LogP contribution in [-0.2, 0) is 11.2 Å². The number of amides is 3. The van der Waals surface area contributed by atoms with Gasteiger partial charge in [-0.1, -0.05) is 35.9 Å². The van der Waals surface area contributed by atoms with E-state index in [1.165, 1.54) is 0 Å². The van der Waals surface area contributed by atoms with Gasteiger partial charge in [-0.15, -0.1) is 0 Å². The van der Waals surface area contributed by atoms with E-state index in [-0.39, 0.29) is 17.9 Å². The summed E-state index contributed by atoms with van der Waals surface area (Å²) in [5.74, 6) is -0.293. The number of carbonyl (C=O) groups is 2. The van der Waals surface area contributed by atoms with Crippen molar-refractivity contribution >= 4 is 34.9 Å². The largest absolute Gasteiger partial charge is 0.370 e. The van der Waals surface area contributed by atoms with Crippen LogP contribution in [0.3, 0.4) is 0 Å². The van der Waals surface area contributed by atoms with Crippen LogP contribution in [-0.4, -0.2) is 31.6 Å². The quantitative estimate of drug-likeness (QED) is 0.694. The number of carbonyl (C=O) groups excluding carboxylic acids is 2. The van der Waals surface area contributed by atoms with Gasteiger partial charge in [0.05, 0.1) is 11.4 Å². The first kappa shape index (κ1) is 20.0. The van der Waals surface area contributed by atoms with Crippen molar-refractivity contribution in [1.29, 1.82) is 0 Å². The van der Waals surface area contributed by atoms with Crippen molar-refractivity contribution in [2.24, 2.45) is 11.7 Å². The summed E-state index contributed by atoms with van der Waals surface area (Å²) < 4.78 is 0. The Kier molecular flexibility index (Phi) is 6.76. The third kappa shape index (κ3) is 5.39. The molecule has 0 aromatic heterocycles. The summed E-state index contributed by atoms with van der Waals surface area (Å²) in [6.07, 6.45) is 2.20. The van der Waals surface area contributed by atoms with Crippen LogP contribution in [0.2, 0.25) is 5.02 Å². The van der Waals surface area contributed by atoms with E-state index >= 15 is 0 Å². The van der Waals surface area contributed by atoms with Gasteiger partial charge in [0.2, 0.25) is 5.91 Å². The van der Waals surface area contributed by atoms with Gasteiger partial charge in [0.15, 0.2) is 0 Å². The van der Waals surface area contributed by atoms with Crippen molar-refractivity contribution in [3.8, 4) is 0 Å². The number of benzene rings is 2. The number of rotatable bonds is 6. The standard InChI is InChI=1S/C21H25ClN4O2/c22-17-7-5-15(6-8-17)9-12-24-21(28)25-18-3-1-2-4-19(18)26-13-10-16(11-14-26)20(23)27/h1-8,16H,9-14H2,(H2,23,27)(H2,24,25,28). The highest BCUT2D eigenvalue weighted by Crippen LogP contribution is 2.29. The van der Waals surface area contributed by atoms with E-state index < -0.39 is 0 Å². The zero-order chi connectivity index (χ0) is 19.9. The number of para-hydroxylation sites is 2. The SMILES string of the molecule is NC(=O)C1CCN(c2ccccc2NC(=O)NCCc2ccc(Cl)cc2)CC1. The Labute approximate surface area is 170 Å². The normalized spacial score (nSPS) is 14.5. The lowest BCUT2D eigenvalue weighted by Crippen LogP contribution is -2.39. The molecule has 2 aromatic carbocycles. The number of nitrogens with zero attached hydrogens (tertiary/aromatic N) is 1. The lowest BCUT2D eigenvalue weighted by molar-refractivity contribution is -0.122. The van der Waals surface area contributed by atoms with E-state index in [0.717, 1.165) is 49.3 Å². The molecule has 28 heavy (non-hydrogen) atoms. The number of nitrogens with two attached hydrogens (primary N) is 1. The Bertz CT molecular complexity index is 817. The molecule has 148 valence electrons. The van der Waals surface area contributed by atoms with Crippen LogP contribution in [0.4, 0.5) is 16.2 Å². The van der Waals surface area contributed by atoms with Crippen LogP contribution in [0.1, 0.15) is 18.4 Å². The van der Waals surface area contributed by atoms with Crippen LogP contribution >= 0.6 is 11.6 Å². The third-order valence-electron chi connectivity index (χ3n) is 5.00. The summed E-state index contributed by atoms with van der Waals surface area (Å²) in [6, 6.07) is 15.0. The van der Waals surface area contributed by atoms with Gasteiger partial charge in [-0.05, 0) is 49.1 Å². The predicted octanol–water partition coefficient (Wildman–Crippen LogP) is 3.41. The van der Waals surface area contributed by atoms with Crippen molar-refractivity contribution in [2.45, 2.75) is 19.3 Å². The van der Waals surface area contributed by atoms with Crippen LogP contribution in [0.5, 0.6) is 0 Å². The number of hydrogen-bond donors (Lipinski definition) is 3. The van der Waals surface area contributed by atoms with Gasteiger partial charge in [-0.3, -0.25) is 4.79 Å². The topological polar surface area (TPSA) is 87.5 Å². The molecule has 0 aliphatic carbocycles. The number of primary amides is 1. The van der Waals surface area contributed by atoms with Gasteiger partial charge in [-0.2, -0.15) is 0 Å². The van der Waals surface area contributed by atoms with E-state index in [1.54, 1.807) is 0 Å². The van der Waals surface area contributed by atoms with Crippen molar-refractivity contribution < 1.29 is 9.59 Å². The summed E-state index contributed by atoms with van der Waals surface area (Å²) >= 11 is 5.88. The minimum atomic E-state index is -0.242. The average Bonchev–Trinajstić information content (AvgIpc) is 2.70. The van der Waals surface area contributed by atoms with E-state index in [2.05, 4.69) is 15.5 Å². The number of urea groups is 1. The molecule has 1 fully saturated rings. The number of nitrogens with one attached hydrogen (secondary N) is 2. The summed E-state index contributed by atoms with van der Waals surface area (Å²) in [5.41, 5.74) is 8.24. The van der Waals surface area contributed by atoms with E-state index in [9.17, 15) is 9.59 Å². The molecule has 0 bridgehead atoms. The van der Waals surface area contributed by atoms with Gasteiger partial charge in [0, 0.05) is 30.6 Å². The fraction of sp³-hybridized carbons (Fsp3) is 0.333. The first-order chi connectivity index (χ1) is 13.5. The molecule has 1 aliphatic rings. The molecule has 3 amide bonds. The molecule has 0 saturated carbocycles. The van der Waals surface area contributed by atoms with Crippen molar-refractivity contribution in [3.05, 3.63) is 59.1 Å². The number of hydrogen-bond acceptors (Lipinski definition) is 3. The maximum absolute atomic E-state index is 12.3. The molecule has 0 radical (unpaired) electrons. The molecule has 3 rings (SSSR count). The van der Waals surface area contributed by atoms with Crippen molar-refractivity contribution in [2.75, 3.05) is 29.9 Å². The molecular formula is C21H25ClN4O2. The highest BCUT2D eigenvalue weighted by Gasteiger charge is 2.24. The number of piperidine rings is 1. The molecule has 6 nitrogen and oxygen atoms in total. The second kappa shape index (κ2) is 9.46. The fourth-order valence-electron chi connectivity index (χ4n) is 3.40. The molecule has 0 atom stereocenters. The third-order valence-corrected chi connectivity index (χ3v) is 5.25. The monoisotopic (exact) mass is 400 g/mol. The molecule has 1 saturated heterocycles. The zero-order valence-electron chi connectivity index (χ0n) is 15.7. The zero-order valence-corrected chi connectivity index (χ0v) is 16.4. The summed E-state index contributed by atoms with van der Waals surface area (Å²) in [5, 5.41) is 6.52. The lowest BCUT2D eigenvalue weighted by Gasteiger charge is -2.33. The molecule has 2 aromatic rings. The maximum Gasteiger partial charge on any atom is 0.319 e. The smallest absolute Gasteiger partial charge is 0.319 e. The first-order valence-corrected chi connectivity index (χ1v) is 9.83. The number of halogens is 1. The Hall–Kier alpha value is -2.73. The molecule has 7 heteroatoms. The van der Waals surface area contributed by atoms with Gasteiger partial charge in [0.1, 0.15) is 0 Å². The Morgan fingerprint density at radius 1 is 1.07 bits per heavy atom. The Morgan fingerprint density at radius 3 is 2.43 bits per heavy atom. The second-order valence-corrected chi connectivity index (χ2v) is 7.37. The van der Waals surface area contributed by atoms with Crippen LogP contribution in [0, 0.1) is 5.92 Å². The summed E-state index contributed by atoms with van der Waals surface area (Å²) in [4.78, 5) is 25.9. The fourth-order valence-corrected chi connectivity index (χ4v) is 3.52. The minimum Gasteiger partial charge on any atom is -0.370 e.